The normalized spacial score (nSPS) is 16.0. The largest absolute Gasteiger partial charge is 0.421 e. The minimum Gasteiger partial charge on any atom is -0.421 e. The van der Waals surface area contributed by atoms with Crippen LogP contribution in [0.1, 0.15) is 44.4 Å². The van der Waals surface area contributed by atoms with Crippen molar-refractivity contribution in [3.63, 3.8) is 0 Å². The van der Waals surface area contributed by atoms with Gasteiger partial charge in [-0.3, -0.25) is 9.59 Å². The van der Waals surface area contributed by atoms with Gasteiger partial charge in [0.25, 0.3) is 0 Å². The number of nitrogens with one attached hydrogen (secondary N) is 1. The van der Waals surface area contributed by atoms with Gasteiger partial charge in [0.2, 0.25) is 17.7 Å². The number of carbonyl (C=O) groups excluding carboxylic acids is 2. The van der Waals surface area contributed by atoms with E-state index in [4.69, 9.17) is 4.42 Å². The van der Waals surface area contributed by atoms with Crippen LogP contribution in [0.3, 0.4) is 0 Å². The number of hydrogen-bond acceptors (Lipinski definition) is 7. The fraction of sp³-hybridized carbons (Fsp3) is 0.500. The number of aryl methyl sites for hydroxylation is 1. The third kappa shape index (κ3) is 4.55. The Morgan fingerprint density at radius 2 is 2.15 bits per heavy atom. The monoisotopic (exact) mass is 372 g/mol. The standard InChI is InChI=1S/C18H20N4O3S/c19-10-14(17(24)20-13-4-2-1-3-5-13)15(23)6-7-16-21-22-18(25-16)12-8-9-26-11-12/h8-9,11,13-14H,1-7H2,(H,20,24). The number of carbonyl (C=O) groups is 2. The van der Waals surface area contributed by atoms with Gasteiger partial charge in [-0.15, -0.1) is 10.2 Å². The first-order valence-electron chi connectivity index (χ1n) is 8.75. The zero-order chi connectivity index (χ0) is 18.4. The number of nitriles is 1. The van der Waals surface area contributed by atoms with E-state index in [1.807, 2.05) is 22.9 Å². The number of Topliss-reactive ketones (excluding diaryl/α,β-unsaturated/α-hetero) is 1. The molecule has 0 spiro atoms. The second-order valence-electron chi connectivity index (χ2n) is 6.38. The number of thiophene rings is 1. The molecule has 1 fully saturated rings. The van der Waals surface area contributed by atoms with Gasteiger partial charge in [0.1, 0.15) is 0 Å². The Hall–Kier alpha value is -2.53. The molecule has 1 saturated carbocycles. The fourth-order valence-corrected chi connectivity index (χ4v) is 3.67. The summed E-state index contributed by atoms with van der Waals surface area (Å²) in [6.45, 7) is 0. The summed E-state index contributed by atoms with van der Waals surface area (Å²) < 4.78 is 5.52. The summed E-state index contributed by atoms with van der Waals surface area (Å²) in [6.07, 6.45) is 5.35. The molecule has 1 N–H and O–H groups in total. The molecule has 136 valence electrons. The van der Waals surface area contributed by atoms with Gasteiger partial charge in [-0.25, -0.2) is 0 Å². The molecular formula is C18H20N4O3S. The lowest BCUT2D eigenvalue weighted by Gasteiger charge is -2.23. The first-order valence-corrected chi connectivity index (χ1v) is 9.69. The quantitative estimate of drug-likeness (QED) is 0.749. The maximum atomic E-state index is 12.3. The van der Waals surface area contributed by atoms with Gasteiger partial charge >= 0.3 is 0 Å². The van der Waals surface area contributed by atoms with Crippen LogP contribution in [0.4, 0.5) is 0 Å². The van der Waals surface area contributed by atoms with E-state index in [1.165, 1.54) is 17.8 Å². The van der Waals surface area contributed by atoms with Crippen molar-refractivity contribution in [2.75, 3.05) is 0 Å². The van der Waals surface area contributed by atoms with E-state index >= 15 is 0 Å². The highest BCUT2D eigenvalue weighted by atomic mass is 32.1. The summed E-state index contributed by atoms with van der Waals surface area (Å²) in [5.41, 5.74) is 0.835. The van der Waals surface area contributed by atoms with Gasteiger partial charge in [-0.05, 0) is 24.3 Å². The highest BCUT2D eigenvalue weighted by Gasteiger charge is 2.28. The number of rotatable bonds is 7. The average molecular weight is 372 g/mol. The van der Waals surface area contributed by atoms with Crippen LogP contribution in [0.2, 0.25) is 0 Å². The number of aromatic nitrogens is 2. The smallest absolute Gasteiger partial charge is 0.248 e. The van der Waals surface area contributed by atoms with E-state index in [1.54, 1.807) is 0 Å². The van der Waals surface area contributed by atoms with Gasteiger partial charge in [0.05, 0.1) is 6.07 Å². The Bertz CT molecular complexity index is 788. The van der Waals surface area contributed by atoms with E-state index in [0.717, 1.165) is 31.2 Å². The lowest BCUT2D eigenvalue weighted by molar-refractivity contribution is -0.132. The van der Waals surface area contributed by atoms with Crippen molar-refractivity contribution in [3.05, 3.63) is 22.7 Å². The Morgan fingerprint density at radius 1 is 1.35 bits per heavy atom. The van der Waals surface area contributed by atoms with Gasteiger partial charge in [0, 0.05) is 29.8 Å². The molecule has 0 radical (unpaired) electrons. The summed E-state index contributed by atoms with van der Waals surface area (Å²) in [6, 6.07) is 3.77. The van der Waals surface area contributed by atoms with E-state index in [0.29, 0.717) is 11.8 Å². The number of ketones is 1. The minimum absolute atomic E-state index is 0.0155. The van der Waals surface area contributed by atoms with Crippen LogP contribution in [-0.4, -0.2) is 27.9 Å². The Balaban J connectivity index is 1.52. The lowest BCUT2D eigenvalue weighted by atomic mass is 9.94. The fourth-order valence-electron chi connectivity index (χ4n) is 3.04. The Morgan fingerprint density at radius 3 is 2.85 bits per heavy atom. The average Bonchev–Trinajstić information content (AvgIpc) is 3.33. The van der Waals surface area contributed by atoms with Gasteiger partial charge in [-0.1, -0.05) is 19.3 Å². The van der Waals surface area contributed by atoms with E-state index in [9.17, 15) is 14.9 Å². The molecule has 0 bridgehead atoms. The second-order valence-corrected chi connectivity index (χ2v) is 7.16. The van der Waals surface area contributed by atoms with Crippen molar-refractivity contribution in [2.45, 2.75) is 51.0 Å². The second kappa shape index (κ2) is 8.72. The van der Waals surface area contributed by atoms with E-state index in [2.05, 4.69) is 15.5 Å². The first kappa shape index (κ1) is 18.3. The highest BCUT2D eigenvalue weighted by molar-refractivity contribution is 7.08. The van der Waals surface area contributed by atoms with E-state index in [-0.39, 0.29) is 18.9 Å². The number of hydrogen-bond donors (Lipinski definition) is 1. The number of nitrogens with zero attached hydrogens (tertiary/aromatic N) is 3. The summed E-state index contributed by atoms with van der Waals surface area (Å²) >= 11 is 1.52. The molecule has 1 aliphatic carbocycles. The molecule has 7 nitrogen and oxygen atoms in total. The van der Waals surface area contributed by atoms with Crippen LogP contribution in [0.5, 0.6) is 0 Å². The molecule has 0 saturated heterocycles. The predicted octanol–water partition coefficient (Wildman–Crippen LogP) is 2.89. The van der Waals surface area contributed by atoms with Gasteiger partial charge in [-0.2, -0.15) is 16.6 Å². The molecule has 1 atom stereocenters. The molecule has 1 unspecified atom stereocenters. The third-order valence-electron chi connectivity index (χ3n) is 4.49. The number of amides is 1. The Kier molecular flexibility index (Phi) is 6.12. The maximum absolute atomic E-state index is 12.3. The molecule has 0 aliphatic heterocycles. The Labute approximate surface area is 155 Å². The zero-order valence-corrected chi connectivity index (χ0v) is 15.1. The lowest BCUT2D eigenvalue weighted by Crippen LogP contribution is -2.42. The van der Waals surface area contributed by atoms with Crippen LogP contribution in [0.25, 0.3) is 11.5 Å². The van der Waals surface area contributed by atoms with Crippen molar-refractivity contribution in [3.8, 4) is 17.5 Å². The molecular weight excluding hydrogens is 352 g/mol. The van der Waals surface area contributed by atoms with Gasteiger partial charge in [0.15, 0.2) is 11.7 Å². The SMILES string of the molecule is N#CC(C(=O)CCc1nnc(-c2ccsc2)o1)C(=O)NC1CCCCC1. The third-order valence-corrected chi connectivity index (χ3v) is 5.17. The van der Waals surface area contributed by atoms with Crippen LogP contribution >= 0.6 is 11.3 Å². The van der Waals surface area contributed by atoms with Crippen molar-refractivity contribution >= 4 is 23.0 Å². The first-order chi connectivity index (χ1) is 12.7. The van der Waals surface area contributed by atoms with Crippen molar-refractivity contribution in [1.29, 1.82) is 5.26 Å². The molecule has 3 rings (SSSR count). The molecule has 26 heavy (non-hydrogen) atoms. The molecule has 2 aromatic rings. The summed E-state index contributed by atoms with van der Waals surface area (Å²) in [5.74, 6) is -1.47. The summed E-state index contributed by atoms with van der Waals surface area (Å²) in [7, 11) is 0. The topological polar surface area (TPSA) is 109 Å². The molecule has 1 amide bonds. The van der Waals surface area contributed by atoms with E-state index < -0.39 is 17.6 Å². The molecule has 0 aromatic carbocycles. The van der Waals surface area contributed by atoms with Crippen molar-refractivity contribution < 1.29 is 14.0 Å². The zero-order valence-electron chi connectivity index (χ0n) is 14.3. The van der Waals surface area contributed by atoms with Crippen LogP contribution in [0.15, 0.2) is 21.2 Å². The molecule has 2 aromatic heterocycles. The van der Waals surface area contributed by atoms with Gasteiger partial charge < -0.3 is 9.73 Å². The maximum Gasteiger partial charge on any atom is 0.248 e. The summed E-state index contributed by atoms with van der Waals surface area (Å²) in [4.78, 5) is 24.5. The van der Waals surface area contributed by atoms with Crippen LogP contribution in [-0.2, 0) is 16.0 Å². The van der Waals surface area contributed by atoms with Crippen molar-refractivity contribution in [1.82, 2.24) is 15.5 Å². The molecule has 8 heteroatoms. The molecule has 2 heterocycles. The van der Waals surface area contributed by atoms with Crippen molar-refractivity contribution in [2.24, 2.45) is 5.92 Å². The molecule has 1 aliphatic rings. The highest BCUT2D eigenvalue weighted by Crippen LogP contribution is 2.21. The predicted molar refractivity (Wildman–Crippen MR) is 95.1 cm³/mol. The minimum atomic E-state index is -1.28. The summed E-state index contributed by atoms with van der Waals surface area (Å²) in [5, 5.41) is 23.7. The van der Waals surface area contributed by atoms with Crippen LogP contribution < -0.4 is 5.32 Å². The van der Waals surface area contributed by atoms with Crippen LogP contribution in [0, 0.1) is 17.2 Å².